The van der Waals surface area contributed by atoms with E-state index in [2.05, 4.69) is 261 Å². The number of carbonyl (C=O) groups is 1. The average molecular weight is 1250 g/mol. The first-order valence-corrected chi connectivity index (χ1v) is 31.1. The maximum Gasteiger partial charge on any atom is -1.00 e. The Kier molecular flexibility index (Phi) is 18.1. The second-order valence-corrected chi connectivity index (χ2v) is 26.6. The van der Waals surface area contributed by atoms with Gasteiger partial charge in [-0.1, -0.05) is 173 Å². The van der Waals surface area contributed by atoms with Crippen molar-refractivity contribution < 1.29 is 56.8 Å². The van der Waals surface area contributed by atoms with Crippen LogP contribution in [-0.4, -0.2) is 53.8 Å². The Bertz CT molecular complexity index is 4460. The fraction of sp³-hybridized carbons (Fsp3) is 0.222. The first-order valence-electron chi connectivity index (χ1n) is 29.0. The molecular formula is C72H71BF10N5OP. The van der Waals surface area contributed by atoms with E-state index in [-0.39, 0.29) is 32.3 Å². The summed E-state index contributed by atoms with van der Waals surface area (Å²) < 4.78 is 92.8. The van der Waals surface area contributed by atoms with Crippen LogP contribution in [-0.2, 0) is 26.5 Å². The molecule has 90 heavy (non-hydrogen) atoms. The molecule has 0 spiro atoms. The zero-order valence-corrected chi connectivity index (χ0v) is 53.0. The number of para-hydroxylation sites is 1. The molecule has 0 radical (unpaired) electrons. The van der Waals surface area contributed by atoms with Crippen molar-refractivity contribution in [3.05, 3.63) is 234 Å². The zero-order chi connectivity index (χ0) is 64.9. The van der Waals surface area contributed by atoms with Gasteiger partial charge in [0, 0.05) is 87.2 Å². The second kappa shape index (κ2) is 24.3. The predicted molar refractivity (Wildman–Crippen MR) is 355 cm³/mol. The molecule has 0 unspecified atom stereocenters. The number of rotatable bonds is 5. The summed E-state index contributed by atoms with van der Waals surface area (Å²) in [6.07, 6.45) is 10.7. The van der Waals surface area contributed by atoms with Gasteiger partial charge in [-0.25, -0.2) is 0 Å². The number of benzene rings is 9. The largest absolute Gasteiger partial charge is 1.00 e. The number of anilines is 2. The SMILES string of the molecule is CC(=O)N(C=CC1=[N+](C)c2ccc3ccccc3c2C1(C)C)c1ccccc1.CC1=Nc2c(ccc3ccccc23)C1(C)C.C[N+]1=C(C=CC=C2Nc3c(ccc4ccccc34)C2(C)C)C(C)(C)c2c1ccc1ccccc21.FB(F)F.F[P-](F)(F)(F)(F)F.[F-]. The summed E-state index contributed by atoms with van der Waals surface area (Å²) in [7, 11) is -10.0. The van der Waals surface area contributed by atoms with Crippen molar-refractivity contribution in [3.63, 3.8) is 0 Å². The molecule has 13 rings (SSSR count). The third-order valence-corrected chi connectivity index (χ3v) is 17.4. The first kappa shape index (κ1) is 67.3. The van der Waals surface area contributed by atoms with Crippen molar-refractivity contribution in [1.29, 1.82) is 0 Å². The van der Waals surface area contributed by atoms with E-state index >= 15 is 0 Å². The van der Waals surface area contributed by atoms with Gasteiger partial charge in [0.05, 0.1) is 22.2 Å². The summed E-state index contributed by atoms with van der Waals surface area (Å²) in [5.74, 6) is -0.00975. The number of aliphatic imine (C=N–C) groups is 1. The van der Waals surface area contributed by atoms with Crippen molar-refractivity contribution in [2.75, 3.05) is 24.3 Å². The first-order chi connectivity index (χ1) is 41.5. The smallest absolute Gasteiger partial charge is 1.00 e. The molecule has 0 saturated carbocycles. The van der Waals surface area contributed by atoms with Gasteiger partial charge in [-0.2, -0.15) is 9.15 Å². The summed E-state index contributed by atoms with van der Waals surface area (Å²) in [5, 5.41) is 14.0. The molecule has 18 heteroatoms. The molecule has 4 heterocycles. The Morgan fingerprint density at radius 3 is 1.39 bits per heavy atom. The van der Waals surface area contributed by atoms with Gasteiger partial charge in [-0.15, -0.1) is 0 Å². The molecule has 0 fully saturated rings. The van der Waals surface area contributed by atoms with Crippen molar-refractivity contribution in [3.8, 4) is 0 Å². The number of amides is 1. The van der Waals surface area contributed by atoms with Gasteiger partial charge >= 0.3 is 40.5 Å². The maximum absolute atomic E-state index is 12.2. The number of nitrogens with zero attached hydrogens (tertiary/aromatic N) is 4. The van der Waals surface area contributed by atoms with E-state index in [1.807, 2.05) is 36.5 Å². The Hall–Kier alpha value is -8.69. The molecule has 9 aromatic rings. The minimum Gasteiger partial charge on any atom is -1.00 e. The van der Waals surface area contributed by atoms with Crippen LogP contribution in [0.1, 0.15) is 91.5 Å². The minimum absolute atomic E-state index is 0. The zero-order valence-electron chi connectivity index (χ0n) is 52.1. The molecule has 4 aliphatic heterocycles. The monoisotopic (exact) mass is 1250 g/mol. The molecular weight excluding hydrogens is 1180 g/mol. The second-order valence-electron chi connectivity index (χ2n) is 24.7. The van der Waals surface area contributed by atoms with Gasteiger partial charge in [0.25, 0.3) is 0 Å². The molecule has 0 aromatic heterocycles. The number of carbonyl (C=O) groups excluding carboxylic acids is 1. The molecule has 0 aliphatic carbocycles. The fourth-order valence-electron chi connectivity index (χ4n) is 12.7. The van der Waals surface area contributed by atoms with Crippen LogP contribution in [0.5, 0.6) is 0 Å². The van der Waals surface area contributed by atoms with E-state index in [1.54, 1.807) is 11.8 Å². The van der Waals surface area contributed by atoms with Crippen molar-refractivity contribution in [2.24, 2.45) is 4.99 Å². The summed E-state index contributed by atoms with van der Waals surface area (Å²) >= 11 is 0. The number of allylic oxidation sites excluding steroid dienone is 5. The number of nitrogens with one attached hydrogen (secondary N) is 1. The van der Waals surface area contributed by atoms with Gasteiger partial charge in [-0.05, 0) is 108 Å². The Labute approximate surface area is 519 Å². The molecule has 468 valence electrons. The summed E-state index contributed by atoms with van der Waals surface area (Å²) in [6, 6.07) is 61.9. The fourth-order valence-corrected chi connectivity index (χ4v) is 12.7. The predicted octanol–water partition coefficient (Wildman–Crippen LogP) is 18.7. The molecule has 0 atom stereocenters. The van der Waals surface area contributed by atoms with Crippen LogP contribution in [0.25, 0.3) is 43.1 Å². The average Bonchev–Trinajstić information content (AvgIpc) is 1.60. The van der Waals surface area contributed by atoms with Gasteiger partial charge < -0.3 is 10.0 Å². The molecule has 0 saturated heterocycles. The van der Waals surface area contributed by atoms with Crippen LogP contribution < -0.4 is 14.9 Å². The summed E-state index contributed by atoms with van der Waals surface area (Å²) in [5.41, 5.74) is 16.0. The van der Waals surface area contributed by atoms with Crippen molar-refractivity contribution >= 4 is 110 Å². The Balaban J connectivity index is 0.000000167. The molecule has 9 aromatic carbocycles. The Morgan fingerprint density at radius 1 is 0.522 bits per heavy atom. The summed E-state index contributed by atoms with van der Waals surface area (Å²) in [4.78, 5) is 18.7. The number of fused-ring (bicyclic) bond motifs is 12. The van der Waals surface area contributed by atoms with Crippen LogP contribution in [0.4, 0.5) is 66.6 Å². The van der Waals surface area contributed by atoms with E-state index in [9.17, 15) is 42.9 Å². The normalized spacial score (nSPS) is 17.2. The number of hydrogen-bond acceptors (Lipinski definition) is 3. The number of halogens is 10. The van der Waals surface area contributed by atoms with E-state index in [1.165, 1.54) is 111 Å². The van der Waals surface area contributed by atoms with Crippen molar-refractivity contribution in [2.45, 2.75) is 90.9 Å². The molecule has 4 aliphatic rings. The summed E-state index contributed by atoms with van der Waals surface area (Å²) in [6.45, 7) is 22.0. The van der Waals surface area contributed by atoms with Crippen LogP contribution in [0.3, 0.4) is 0 Å². The van der Waals surface area contributed by atoms with Crippen LogP contribution in [0.2, 0.25) is 0 Å². The van der Waals surface area contributed by atoms with Crippen LogP contribution >= 0.6 is 7.81 Å². The topological polar surface area (TPSA) is 50.7 Å². The van der Waals surface area contributed by atoms with Crippen LogP contribution in [0.15, 0.2) is 217 Å². The van der Waals surface area contributed by atoms with Crippen molar-refractivity contribution in [1.82, 2.24) is 0 Å². The van der Waals surface area contributed by atoms with E-state index < -0.39 is 15.4 Å². The van der Waals surface area contributed by atoms with Crippen LogP contribution in [0, 0.1) is 0 Å². The van der Waals surface area contributed by atoms with E-state index in [0.29, 0.717) is 0 Å². The third-order valence-electron chi connectivity index (χ3n) is 17.4. The molecule has 1 N–H and O–H groups in total. The number of hydrogen-bond donors (Lipinski definition) is 1. The standard InChI is InChI=1S/C32H30N2.C25H25N2O.C15H15N.BF3.F6P.FH/c1-31(2)25-19-17-22-12-7-9-14-24(22)30(25)33-27(31)15-10-16-28-32(3,4)29-23-13-8-6-11-21(23)18-20-26(29)34(28)5;1-18(28)27(20-11-6-5-7-12-20)17-16-23-25(2,3)24-21-13-9-8-10-19(21)14-15-22(24)26(23)4;1-10-15(2,3)13-9-8-11-6-4-5-7-12(11)14(13)16-10;2-1(3)4;1-7(2,3,4,5)6;/h6-20H,1-5H3;5-17H,1-4H3;4-9H,1-3H3;;;1H/q;+1;;;-1;. The van der Waals surface area contributed by atoms with Gasteiger partial charge in [0.15, 0.2) is 11.4 Å². The minimum atomic E-state index is -10.7. The molecule has 0 bridgehead atoms. The van der Waals surface area contributed by atoms with Gasteiger partial charge in [0.1, 0.15) is 14.1 Å². The Morgan fingerprint density at radius 2 is 0.911 bits per heavy atom. The maximum atomic E-state index is 12.2. The van der Waals surface area contributed by atoms with E-state index in [4.69, 9.17) is 4.99 Å². The van der Waals surface area contributed by atoms with Gasteiger partial charge in [0.2, 0.25) is 17.3 Å². The quantitative estimate of drug-likeness (QED) is 0.0808. The molecule has 1 amide bonds. The molecule has 6 nitrogen and oxygen atoms in total. The van der Waals surface area contributed by atoms with E-state index in [0.717, 1.165) is 5.69 Å². The third kappa shape index (κ3) is 14.0. The van der Waals surface area contributed by atoms with Gasteiger partial charge in [-0.3, -0.25) is 27.6 Å².